The van der Waals surface area contributed by atoms with Crippen LogP contribution in [0.2, 0.25) is 0 Å². The van der Waals surface area contributed by atoms with Gasteiger partial charge >= 0.3 is 0 Å². The van der Waals surface area contributed by atoms with E-state index in [1.54, 1.807) is 6.20 Å². The van der Waals surface area contributed by atoms with E-state index < -0.39 is 0 Å². The highest BCUT2D eigenvalue weighted by molar-refractivity contribution is 5.85. The first kappa shape index (κ1) is 15.6. The zero-order chi connectivity index (χ0) is 18.1. The summed E-state index contributed by atoms with van der Waals surface area (Å²) in [6.07, 6.45) is 1.72. The molecule has 0 saturated heterocycles. The summed E-state index contributed by atoms with van der Waals surface area (Å²) in [6.45, 7) is 2.00. The number of nitrogen functional groups attached to an aromatic ring is 2. The molecule has 0 aliphatic heterocycles. The fourth-order valence-electron chi connectivity index (χ4n) is 2.64. The third kappa shape index (κ3) is 2.91. The molecule has 7 nitrogen and oxygen atoms in total. The highest BCUT2D eigenvalue weighted by atomic mass is 15.1. The number of fused-ring (bicyclic) bond motifs is 1. The fraction of sp³-hybridized carbons (Fsp3) is 0.0526. The van der Waals surface area contributed by atoms with Gasteiger partial charge in [-0.1, -0.05) is 12.0 Å². The Labute approximate surface area is 149 Å². The van der Waals surface area contributed by atoms with Gasteiger partial charge in [0.2, 0.25) is 5.95 Å². The molecule has 126 valence electrons. The number of nitrogens with zero attached hydrogens (tertiary/aromatic N) is 4. The number of aromatic amines is 1. The van der Waals surface area contributed by atoms with Gasteiger partial charge in [0, 0.05) is 17.3 Å². The maximum absolute atomic E-state index is 5.88. The Balaban J connectivity index is 1.71. The lowest BCUT2D eigenvalue weighted by Gasteiger charge is -2.02. The molecule has 0 amide bonds. The molecule has 0 fully saturated rings. The normalized spacial score (nSPS) is 10.5. The lowest BCUT2D eigenvalue weighted by atomic mass is 10.0. The second kappa shape index (κ2) is 6.18. The Morgan fingerprint density at radius 3 is 2.65 bits per heavy atom. The largest absolute Gasteiger partial charge is 0.382 e. The predicted octanol–water partition coefficient (Wildman–Crippen LogP) is 2.29. The molecule has 0 radical (unpaired) electrons. The molecule has 3 aromatic heterocycles. The van der Waals surface area contributed by atoms with Crippen molar-refractivity contribution in [2.24, 2.45) is 0 Å². The molecule has 0 atom stereocenters. The Morgan fingerprint density at radius 2 is 1.88 bits per heavy atom. The minimum absolute atomic E-state index is 0.102. The Hall–Kier alpha value is -3.92. The van der Waals surface area contributed by atoms with Crippen molar-refractivity contribution in [2.45, 2.75) is 6.92 Å². The zero-order valence-corrected chi connectivity index (χ0v) is 14.0. The molecule has 0 unspecified atom stereocenters. The molecule has 3 heterocycles. The van der Waals surface area contributed by atoms with Crippen LogP contribution in [0, 0.1) is 18.8 Å². The number of benzene rings is 1. The van der Waals surface area contributed by atoms with Gasteiger partial charge < -0.3 is 16.5 Å². The second-order valence-corrected chi connectivity index (χ2v) is 5.75. The van der Waals surface area contributed by atoms with E-state index in [9.17, 15) is 0 Å². The van der Waals surface area contributed by atoms with Crippen LogP contribution in [0.4, 0.5) is 11.8 Å². The van der Waals surface area contributed by atoms with E-state index in [1.165, 1.54) is 0 Å². The van der Waals surface area contributed by atoms with Gasteiger partial charge in [0.1, 0.15) is 17.0 Å². The number of nitrogens with two attached hydrogens (primary N) is 2. The van der Waals surface area contributed by atoms with Gasteiger partial charge in [-0.15, -0.1) is 0 Å². The van der Waals surface area contributed by atoms with E-state index in [2.05, 4.69) is 36.8 Å². The number of hydrogen-bond acceptors (Lipinski definition) is 6. The first-order valence-electron chi connectivity index (χ1n) is 7.93. The van der Waals surface area contributed by atoms with Gasteiger partial charge in [-0.3, -0.25) is 0 Å². The molecule has 4 aromatic rings. The van der Waals surface area contributed by atoms with Gasteiger partial charge in [0.25, 0.3) is 0 Å². The molecule has 1 aromatic carbocycles. The quantitative estimate of drug-likeness (QED) is 0.457. The minimum Gasteiger partial charge on any atom is -0.382 e. The monoisotopic (exact) mass is 341 g/mol. The number of anilines is 2. The van der Waals surface area contributed by atoms with Crippen LogP contribution in [-0.4, -0.2) is 24.9 Å². The van der Waals surface area contributed by atoms with Crippen LogP contribution in [0.1, 0.15) is 16.8 Å². The standard InChI is InChI=1S/C19H15N7/c1-11-10-12(5-7-13-4-2-3-9-22-13)6-8-14(11)17-23-15-16(20)24-19(21)26-18(15)25-17/h2-4,6,8-10H,1H3,(H5,20,21,23,24,25,26). The maximum Gasteiger partial charge on any atom is 0.224 e. The SMILES string of the molecule is Cc1cc(C#Cc2ccccn2)ccc1-c1nc2nc(N)nc(N)c2[nH]1. The van der Waals surface area contributed by atoms with Crippen LogP contribution in [0.15, 0.2) is 42.6 Å². The van der Waals surface area contributed by atoms with Gasteiger partial charge in [0.05, 0.1) is 0 Å². The molecule has 26 heavy (non-hydrogen) atoms. The van der Waals surface area contributed by atoms with E-state index in [0.29, 0.717) is 17.0 Å². The number of rotatable bonds is 1. The molecule has 0 saturated carbocycles. The number of nitrogens with one attached hydrogen (secondary N) is 1. The van der Waals surface area contributed by atoms with E-state index in [-0.39, 0.29) is 11.8 Å². The number of imidazole rings is 1. The lowest BCUT2D eigenvalue weighted by molar-refractivity contribution is 1.22. The van der Waals surface area contributed by atoms with E-state index in [1.807, 2.05) is 43.3 Å². The Kier molecular flexibility index (Phi) is 3.71. The number of aryl methyl sites for hydroxylation is 1. The zero-order valence-electron chi connectivity index (χ0n) is 14.0. The third-order valence-corrected chi connectivity index (χ3v) is 3.88. The fourth-order valence-corrected chi connectivity index (χ4v) is 2.64. The van der Waals surface area contributed by atoms with Gasteiger partial charge in [-0.25, -0.2) is 9.97 Å². The molecular weight excluding hydrogens is 326 g/mol. The van der Waals surface area contributed by atoms with Gasteiger partial charge in [-0.05, 0) is 48.7 Å². The Bertz CT molecular complexity index is 1170. The van der Waals surface area contributed by atoms with Crippen molar-refractivity contribution < 1.29 is 0 Å². The van der Waals surface area contributed by atoms with E-state index in [4.69, 9.17) is 11.5 Å². The first-order chi connectivity index (χ1) is 12.6. The predicted molar refractivity (Wildman–Crippen MR) is 101 cm³/mol. The van der Waals surface area contributed by atoms with Crippen molar-refractivity contribution >= 4 is 22.9 Å². The molecule has 0 bridgehead atoms. The lowest BCUT2D eigenvalue weighted by Crippen LogP contribution is -1.99. The third-order valence-electron chi connectivity index (χ3n) is 3.88. The van der Waals surface area contributed by atoms with Crippen molar-refractivity contribution in [3.63, 3.8) is 0 Å². The summed E-state index contributed by atoms with van der Waals surface area (Å²) >= 11 is 0. The molecule has 0 aliphatic rings. The van der Waals surface area contributed by atoms with Crippen LogP contribution < -0.4 is 11.5 Å². The van der Waals surface area contributed by atoms with E-state index in [0.717, 1.165) is 22.4 Å². The van der Waals surface area contributed by atoms with Crippen LogP contribution in [0.25, 0.3) is 22.6 Å². The van der Waals surface area contributed by atoms with Crippen LogP contribution in [-0.2, 0) is 0 Å². The molecule has 5 N–H and O–H groups in total. The van der Waals surface area contributed by atoms with Gasteiger partial charge in [0.15, 0.2) is 11.5 Å². The summed E-state index contributed by atoms with van der Waals surface area (Å²) in [4.78, 5) is 19.9. The molecular formula is C19H15N7. The average molecular weight is 341 g/mol. The first-order valence-corrected chi connectivity index (χ1v) is 7.93. The summed E-state index contributed by atoms with van der Waals surface area (Å²) in [5, 5.41) is 0. The smallest absolute Gasteiger partial charge is 0.224 e. The number of H-pyrrole nitrogens is 1. The minimum atomic E-state index is 0.102. The summed E-state index contributed by atoms with van der Waals surface area (Å²) < 4.78 is 0. The molecule has 7 heteroatoms. The van der Waals surface area contributed by atoms with Gasteiger partial charge in [-0.2, -0.15) is 9.97 Å². The van der Waals surface area contributed by atoms with Crippen molar-refractivity contribution in [1.82, 2.24) is 24.9 Å². The van der Waals surface area contributed by atoms with Crippen molar-refractivity contribution in [2.75, 3.05) is 11.5 Å². The topological polar surface area (TPSA) is 119 Å². The van der Waals surface area contributed by atoms with Crippen molar-refractivity contribution in [1.29, 1.82) is 0 Å². The molecule has 0 spiro atoms. The summed E-state index contributed by atoms with van der Waals surface area (Å²) in [7, 11) is 0. The maximum atomic E-state index is 5.88. The summed E-state index contributed by atoms with van der Waals surface area (Å²) in [6, 6.07) is 11.6. The van der Waals surface area contributed by atoms with E-state index >= 15 is 0 Å². The van der Waals surface area contributed by atoms with Crippen LogP contribution in [0.5, 0.6) is 0 Å². The Morgan fingerprint density at radius 1 is 1.00 bits per heavy atom. The summed E-state index contributed by atoms with van der Waals surface area (Å²) in [5.41, 5.74) is 16.1. The number of hydrogen-bond donors (Lipinski definition) is 3. The van der Waals surface area contributed by atoms with Crippen LogP contribution >= 0.6 is 0 Å². The highest BCUT2D eigenvalue weighted by Gasteiger charge is 2.12. The summed E-state index contributed by atoms with van der Waals surface area (Å²) in [5.74, 6) is 7.21. The second-order valence-electron chi connectivity index (χ2n) is 5.75. The number of aromatic nitrogens is 5. The van der Waals surface area contributed by atoms with Crippen LogP contribution in [0.3, 0.4) is 0 Å². The average Bonchev–Trinajstić information content (AvgIpc) is 3.05. The van der Waals surface area contributed by atoms with Crippen molar-refractivity contribution in [3.05, 3.63) is 59.4 Å². The number of pyridine rings is 1. The molecule has 4 rings (SSSR count). The van der Waals surface area contributed by atoms with Crippen molar-refractivity contribution in [3.8, 4) is 23.2 Å². The highest BCUT2D eigenvalue weighted by Crippen LogP contribution is 2.25. The molecule has 0 aliphatic carbocycles.